The molecule has 2 rings (SSSR count). The largest absolute Gasteiger partial charge is 0.508 e. The standard InChI is InChI=1S/C15H16N2O3/c1-9-3-4-11(5-10(9)2)16-15(20)17-12-6-13(18)8-14(19)7-12/h3-8,18-19H,1-2H3,(H2,16,17,20). The molecule has 0 radical (unpaired) electrons. The second kappa shape index (κ2) is 5.52. The Hall–Kier alpha value is -2.69. The van der Waals surface area contributed by atoms with Gasteiger partial charge in [0.1, 0.15) is 11.5 Å². The van der Waals surface area contributed by atoms with Gasteiger partial charge in [-0.25, -0.2) is 4.79 Å². The second-order valence-corrected chi connectivity index (χ2v) is 4.62. The first-order chi connectivity index (χ1) is 9.44. The third-order valence-corrected chi connectivity index (χ3v) is 2.93. The number of carbonyl (C=O) groups excluding carboxylic acids is 1. The van der Waals surface area contributed by atoms with Crippen molar-refractivity contribution in [1.82, 2.24) is 0 Å². The summed E-state index contributed by atoms with van der Waals surface area (Å²) < 4.78 is 0. The quantitative estimate of drug-likeness (QED) is 0.676. The van der Waals surface area contributed by atoms with Crippen LogP contribution in [-0.2, 0) is 0 Å². The Labute approximate surface area is 116 Å². The highest BCUT2D eigenvalue weighted by Gasteiger charge is 2.05. The van der Waals surface area contributed by atoms with Crippen LogP contribution in [-0.4, -0.2) is 16.2 Å². The summed E-state index contributed by atoms with van der Waals surface area (Å²) >= 11 is 0. The average Bonchev–Trinajstić information content (AvgIpc) is 2.32. The van der Waals surface area contributed by atoms with Gasteiger partial charge in [0.05, 0.1) is 0 Å². The molecule has 0 aliphatic carbocycles. The maximum absolute atomic E-state index is 11.8. The SMILES string of the molecule is Cc1ccc(NC(=O)Nc2cc(O)cc(O)c2)cc1C. The Morgan fingerprint density at radius 2 is 1.45 bits per heavy atom. The van der Waals surface area contributed by atoms with Crippen molar-refractivity contribution in [2.75, 3.05) is 10.6 Å². The van der Waals surface area contributed by atoms with Crippen LogP contribution in [0.25, 0.3) is 0 Å². The third-order valence-electron chi connectivity index (χ3n) is 2.93. The number of nitrogens with one attached hydrogen (secondary N) is 2. The molecule has 2 aromatic carbocycles. The first-order valence-corrected chi connectivity index (χ1v) is 6.12. The van der Waals surface area contributed by atoms with Crippen molar-refractivity contribution in [3.8, 4) is 11.5 Å². The maximum atomic E-state index is 11.8. The molecule has 0 aliphatic rings. The smallest absolute Gasteiger partial charge is 0.323 e. The molecule has 4 N–H and O–H groups in total. The summed E-state index contributed by atoms with van der Waals surface area (Å²) in [6.07, 6.45) is 0. The lowest BCUT2D eigenvalue weighted by molar-refractivity contribution is 0.262. The molecule has 0 fully saturated rings. The highest BCUT2D eigenvalue weighted by molar-refractivity contribution is 6.00. The molecule has 0 saturated carbocycles. The van der Waals surface area contributed by atoms with Gasteiger partial charge in [-0.05, 0) is 37.1 Å². The molecule has 2 aromatic rings. The van der Waals surface area contributed by atoms with E-state index < -0.39 is 6.03 Å². The predicted octanol–water partition coefficient (Wildman–Crippen LogP) is 3.36. The van der Waals surface area contributed by atoms with E-state index in [4.69, 9.17) is 0 Å². The van der Waals surface area contributed by atoms with Crippen LogP contribution in [0.5, 0.6) is 11.5 Å². The van der Waals surface area contributed by atoms with Crippen molar-refractivity contribution in [1.29, 1.82) is 0 Å². The number of carbonyl (C=O) groups is 1. The van der Waals surface area contributed by atoms with Crippen LogP contribution in [0.2, 0.25) is 0 Å². The van der Waals surface area contributed by atoms with Gasteiger partial charge in [0.15, 0.2) is 0 Å². The number of aryl methyl sites for hydroxylation is 2. The Balaban J connectivity index is 2.06. The molecule has 2 amide bonds. The van der Waals surface area contributed by atoms with Crippen LogP contribution in [0.15, 0.2) is 36.4 Å². The summed E-state index contributed by atoms with van der Waals surface area (Å²) in [7, 11) is 0. The monoisotopic (exact) mass is 272 g/mol. The molecular weight excluding hydrogens is 256 g/mol. The fourth-order valence-electron chi connectivity index (χ4n) is 1.78. The molecular formula is C15H16N2O3. The van der Waals surface area contributed by atoms with Crippen LogP contribution < -0.4 is 10.6 Å². The van der Waals surface area contributed by atoms with Gasteiger partial charge in [0, 0.05) is 29.6 Å². The van der Waals surface area contributed by atoms with E-state index in [2.05, 4.69) is 10.6 Å². The zero-order valence-corrected chi connectivity index (χ0v) is 11.3. The number of anilines is 2. The normalized spacial score (nSPS) is 10.1. The number of phenolic OH excluding ortho intramolecular Hbond substituents is 2. The number of phenols is 2. The van der Waals surface area contributed by atoms with Gasteiger partial charge in [-0.1, -0.05) is 6.07 Å². The number of hydrogen-bond acceptors (Lipinski definition) is 3. The van der Waals surface area contributed by atoms with Crippen molar-refractivity contribution in [3.63, 3.8) is 0 Å². The number of aromatic hydroxyl groups is 2. The molecule has 0 aromatic heterocycles. The van der Waals surface area contributed by atoms with E-state index in [0.29, 0.717) is 11.4 Å². The van der Waals surface area contributed by atoms with Gasteiger partial charge in [0.25, 0.3) is 0 Å². The van der Waals surface area contributed by atoms with Gasteiger partial charge < -0.3 is 20.8 Å². The first kappa shape index (κ1) is 13.7. The lowest BCUT2D eigenvalue weighted by Crippen LogP contribution is -2.19. The number of amides is 2. The number of hydrogen-bond donors (Lipinski definition) is 4. The van der Waals surface area contributed by atoms with E-state index in [1.54, 1.807) is 0 Å². The molecule has 0 aliphatic heterocycles. The molecule has 5 heteroatoms. The molecule has 0 heterocycles. The number of rotatable bonds is 2. The molecule has 0 unspecified atom stereocenters. The highest BCUT2D eigenvalue weighted by Crippen LogP contribution is 2.24. The van der Waals surface area contributed by atoms with Crippen LogP contribution in [0.3, 0.4) is 0 Å². The van der Waals surface area contributed by atoms with Crippen molar-refractivity contribution in [3.05, 3.63) is 47.5 Å². The molecule has 104 valence electrons. The Morgan fingerprint density at radius 3 is 2.05 bits per heavy atom. The lowest BCUT2D eigenvalue weighted by atomic mass is 10.1. The molecule has 0 atom stereocenters. The summed E-state index contributed by atoms with van der Waals surface area (Å²) in [6.45, 7) is 3.96. The Morgan fingerprint density at radius 1 is 0.850 bits per heavy atom. The van der Waals surface area contributed by atoms with Crippen LogP contribution in [0, 0.1) is 13.8 Å². The minimum absolute atomic E-state index is 0.119. The zero-order valence-electron chi connectivity index (χ0n) is 11.3. The molecule has 0 saturated heterocycles. The molecule has 5 nitrogen and oxygen atoms in total. The van der Waals surface area contributed by atoms with E-state index in [9.17, 15) is 15.0 Å². The maximum Gasteiger partial charge on any atom is 0.323 e. The van der Waals surface area contributed by atoms with Crippen molar-refractivity contribution in [2.24, 2.45) is 0 Å². The van der Waals surface area contributed by atoms with Gasteiger partial charge >= 0.3 is 6.03 Å². The van der Waals surface area contributed by atoms with Crippen molar-refractivity contribution in [2.45, 2.75) is 13.8 Å². The second-order valence-electron chi connectivity index (χ2n) is 4.62. The van der Waals surface area contributed by atoms with Gasteiger partial charge in [-0.2, -0.15) is 0 Å². The zero-order chi connectivity index (χ0) is 14.7. The van der Waals surface area contributed by atoms with Crippen LogP contribution >= 0.6 is 0 Å². The number of urea groups is 1. The van der Waals surface area contributed by atoms with E-state index in [0.717, 1.165) is 11.1 Å². The molecule has 20 heavy (non-hydrogen) atoms. The van der Waals surface area contributed by atoms with E-state index in [-0.39, 0.29) is 11.5 Å². The summed E-state index contributed by atoms with van der Waals surface area (Å²) in [5, 5.41) is 23.9. The van der Waals surface area contributed by atoms with Gasteiger partial charge in [0.2, 0.25) is 0 Å². The summed E-state index contributed by atoms with van der Waals surface area (Å²) in [6, 6.07) is 9.03. The fourth-order valence-corrected chi connectivity index (χ4v) is 1.78. The van der Waals surface area contributed by atoms with Crippen LogP contribution in [0.4, 0.5) is 16.2 Å². The van der Waals surface area contributed by atoms with Crippen molar-refractivity contribution >= 4 is 17.4 Å². The molecule has 0 bridgehead atoms. The molecule has 0 spiro atoms. The van der Waals surface area contributed by atoms with Crippen molar-refractivity contribution < 1.29 is 15.0 Å². The minimum atomic E-state index is -0.446. The first-order valence-electron chi connectivity index (χ1n) is 6.12. The fraction of sp³-hybridized carbons (Fsp3) is 0.133. The summed E-state index contributed by atoms with van der Waals surface area (Å²) in [5.41, 5.74) is 3.21. The van der Waals surface area contributed by atoms with Gasteiger partial charge in [-0.3, -0.25) is 0 Å². The van der Waals surface area contributed by atoms with Gasteiger partial charge in [-0.15, -0.1) is 0 Å². The Bertz CT molecular complexity index is 633. The lowest BCUT2D eigenvalue weighted by Gasteiger charge is -2.10. The topological polar surface area (TPSA) is 81.6 Å². The average molecular weight is 272 g/mol. The van der Waals surface area contributed by atoms with E-state index >= 15 is 0 Å². The highest BCUT2D eigenvalue weighted by atomic mass is 16.3. The summed E-state index contributed by atoms with van der Waals surface area (Å²) in [4.78, 5) is 11.8. The van der Waals surface area contributed by atoms with E-state index in [1.807, 2.05) is 32.0 Å². The summed E-state index contributed by atoms with van der Waals surface area (Å²) in [5.74, 6) is -0.238. The van der Waals surface area contributed by atoms with Crippen LogP contribution in [0.1, 0.15) is 11.1 Å². The minimum Gasteiger partial charge on any atom is -0.508 e. The number of benzene rings is 2. The Kier molecular flexibility index (Phi) is 3.79. The van der Waals surface area contributed by atoms with E-state index in [1.165, 1.54) is 18.2 Å². The third kappa shape index (κ3) is 3.41. The predicted molar refractivity (Wildman–Crippen MR) is 78.3 cm³/mol.